The van der Waals surface area contributed by atoms with Crippen molar-refractivity contribution >= 4 is 23.3 Å². The van der Waals surface area contributed by atoms with E-state index in [0.717, 1.165) is 48.9 Å². The highest BCUT2D eigenvalue weighted by Crippen LogP contribution is 2.38. The maximum Gasteiger partial charge on any atom is 0.271 e. The first-order chi connectivity index (χ1) is 18.1. The summed E-state index contributed by atoms with van der Waals surface area (Å²) in [4.78, 5) is 41.8. The standard InChI is InChI=1S/C31H41N5O2/c1-7-10-17-31(16-8-2)35-28(30(4,5)6)29(38)36(31)19-13-14-23-20-24(25(9-3)33-22-23)21-27(37)34-26-15-11-12-18-32-26/h11-12,15,18,20,22H,7-10,16-17,19,21H2,1-6H3,(H,32,34,37). The van der Waals surface area contributed by atoms with E-state index in [1.165, 1.54) is 0 Å². The van der Waals surface area contributed by atoms with Gasteiger partial charge in [-0.05, 0) is 49.4 Å². The van der Waals surface area contributed by atoms with E-state index in [0.29, 0.717) is 24.5 Å². The minimum Gasteiger partial charge on any atom is -0.310 e. The molecule has 1 N–H and O–H groups in total. The van der Waals surface area contributed by atoms with Crippen LogP contribution in [-0.4, -0.2) is 44.6 Å². The van der Waals surface area contributed by atoms with Crippen LogP contribution < -0.4 is 5.32 Å². The summed E-state index contributed by atoms with van der Waals surface area (Å²) >= 11 is 0. The molecule has 0 aromatic carbocycles. The highest BCUT2D eigenvalue weighted by molar-refractivity contribution is 6.42. The van der Waals surface area contributed by atoms with E-state index in [4.69, 9.17) is 4.99 Å². The van der Waals surface area contributed by atoms with Gasteiger partial charge in [-0.25, -0.2) is 4.98 Å². The number of aromatic nitrogens is 2. The third kappa shape index (κ3) is 7.06. The molecular weight excluding hydrogens is 474 g/mol. The number of hydrogen-bond acceptors (Lipinski definition) is 5. The van der Waals surface area contributed by atoms with Gasteiger partial charge in [0.1, 0.15) is 17.2 Å². The molecule has 0 radical (unpaired) electrons. The van der Waals surface area contributed by atoms with Crippen molar-refractivity contribution in [3.63, 3.8) is 0 Å². The molecule has 1 aliphatic rings. The Bertz CT molecular complexity index is 1220. The molecular formula is C31H41N5O2. The third-order valence-corrected chi connectivity index (χ3v) is 6.71. The number of anilines is 1. The van der Waals surface area contributed by atoms with E-state index >= 15 is 0 Å². The number of pyridine rings is 2. The van der Waals surface area contributed by atoms with Crippen molar-refractivity contribution in [1.82, 2.24) is 14.9 Å². The molecule has 7 heteroatoms. The van der Waals surface area contributed by atoms with E-state index in [9.17, 15) is 9.59 Å². The lowest BCUT2D eigenvalue weighted by Crippen LogP contribution is -2.47. The van der Waals surface area contributed by atoms with Crippen molar-refractivity contribution in [3.05, 3.63) is 53.5 Å². The molecule has 0 saturated carbocycles. The molecule has 0 spiro atoms. The first-order valence-electron chi connectivity index (χ1n) is 13.7. The van der Waals surface area contributed by atoms with Gasteiger partial charge in [-0.2, -0.15) is 0 Å². The van der Waals surface area contributed by atoms with Gasteiger partial charge in [-0.15, -0.1) is 0 Å². The van der Waals surface area contributed by atoms with Crippen LogP contribution in [0.15, 0.2) is 41.7 Å². The summed E-state index contributed by atoms with van der Waals surface area (Å²) in [7, 11) is 0. The van der Waals surface area contributed by atoms with Gasteiger partial charge in [0.25, 0.3) is 5.91 Å². The number of aryl methyl sites for hydroxylation is 1. The quantitative estimate of drug-likeness (QED) is 0.418. The van der Waals surface area contributed by atoms with Gasteiger partial charge < -0.3 is 10.2 Å². The van der Waals surface area contributed by atoms with Crippen LogP contribution in [0.2, 0.25) is 0 Å². The molecule has 2 aromatic heterocycles. The summed E-state index contributed by atoms with van der Waals surface area (Å²) in [6.45, 7) is 12.8. The second-order valence-corrected chi connectivity index (χ2v) is 10.9. The molecule has 1 unspecified atom stereocenters. The smallest absolute Gasteiger partial charge is 0.271 e. The molecule has 3 rings (SSSR count). The molecule has 1 aliphatic heterocycles. The lowest BCUT2D eigenvalue weighted by molar-refractivity contribution is -0.127. The van der Waals surface area contributed by atoms with Crippen molar-refractivity contribution in [3.8, 4) is 11.8 Å². The Kier molecular flexibility index (Phi) is 9.79. The van der Waals surface area contributed by atoms with Gasteiger partial charge in [-0.1, -0.05) is 72.3 Å². The van der Waals surface area contributed by atoms with Crippen LogP contribution in [0.5, 0.6) is 0 Å². The predicted octanol–water partition coefficient (Wildman–Crippen LogP) is 5.59. The fraction of sp³-hybridized carbons (Fsp3) is 0.516. The summed E-state index contributed by atoms with van der Waals surface area (Å²) in [6.07, 6.45) is 8.94. The van der Waals surface area contributed by atoms with E-state index < -0.39 is 5.66 Å². The van der Waals surface area contributed by atoms with Crippen LogP contribution in [0.4, 0.5) is 5.82 Å². The van der Waals surface area contributed by atoms with Gasteiger partial charge in [0.15, 0.2) is 0 Å². The molecule has 0 fully saturated rings. The molecule has 0 saturated heterocycles. The number of nitrogens with one attached hydrogen (secondary N) is 1. The monoisotopic (exact) mass is 515 g/mol. The summed E-state index contributed by atoms with van der Waals surface area (Å²) in [6, 6.07) is 7.32. The minimum absolute atomic E-state index is 0.0114. The Hall–Kier alpha value is -3.53. The molecule has 2 amide bonds. The van der Waals surface area contributed by atoms with Crippen LogP contribution in [0.25, 0.3) is 0 Å². The maximum atomic E-state index is 13.5. The van der Waals surface area contributed by atoms with Crippen molar-refractivity contribution in [1.29, 1.82) is 0 Å². The first-order valence-corrected chi connectivity index (χ1v) is 13.7. The van der Waals surface area contributed by atoms with Crippen molar-refractivity contribution in [2.75, 3.05) is 11.9 Å². The summed E-state index contributed by atoms with van der Waals surface area (Å²) in [5.41, 5.74) is 2.21. The molecule has 202 valence electrons. The number of unbranched alkanes of at least 4 members (excludes halogenated alkanes) is 1. The molecule has 2 aromatic rings. The molecule has 0 bridgehead atoms. The normalized spacial score (nSPS) is 17.2. The summed E-state index contributed by atoms with van der Waals surface area (Å²) in [5, 5.41) is 2.83. The Morgan fingerprint density at radius 3 is 2.53 bits per heavy atom. The van der Waals surface area contributed by atoms with E-state index in [2.05, 4.69) is 41.0 Å². The van der Waals surface area contributed by atoms with Crippen LogP contribution in [0, 0.1) is 17.3 Å². The number of carbonyl (C=O) groups excluding carboxylic acids is 2. The maximum absolute atomic E-state index is 13.5. The molecule has 7 nitrogen and oxygen atoms in total. The van der Waals surface area contributed by atoms with Crippen molar-refractivity contribution < 1.29 is 9.59 Å². The Labute approximate surface area is 227 Å². The SMILES string of the molecule is CCCCC1(CCC)N=C(C(C)(C)C)C(=O)N1CC#Cc1cnc(CC)c(CC(=O)Nc2ccccn2)c1. The highest BCUT2D eigenvalue weighted by Gasteiger charge is 2.48. The topological polar surface area (TPSA) is 87.5 Å². The zero-order chi connectivity index (χ0) is 27.8. The van der Waals surface area contributed by atoms with Crippen LogP contribution in [0.1, 0.15) is 90.5 Å². The highest BCUT2D eigenvalue weighted by atomic mass is 16.2. The third-order valence-electron chi connectivity index (χ3n) is 6.71. The Balaban J connectivity index is 1.82. The van der Waals surface area contributed by atoms with Crippen LogP contribution in [-0.2, 0) is 22.4 Å². The molecule has 1 atom stereocenters. The lowest BCUT2D eigenvalue weighted by atomic mass is 9.89. The average molecular weight is 516 g/mol. The number of hydrogen-bond donors (Lipinski definition) is 1. The zero-order valence-electron chi connectivity index (χ0n) is 23.7. The van der Waals surface area contributed by atoms with E-state index in [1.54, 1.807) is 24.5 Å². The second-order valence-electron chi connectivity index (χ2n) is 10.9. The Morgan fingerprint density at radius 1 is 1.11 bits per heavy atom. The van der Waals surface area contributed by atoms with Gasteiger partial charge in [0, 0.05) is 29.1 Å². The number of aliphatic imine (C=N–C) groups is 1. The van der Waals surface area contributed by atoms with Gasteiger partial charge in [0.05, 0.1) is 13.0 Å². The van der Waals surface area contributed by atoms with Gasteiger partial charge in [0.2, 0.25) is 5.91 Å². The van der Waals surface area contributed by atoms with E-state index in [-0.39, 0.29) is 23.7 Å². The van der Waals surface area contributed by atoms with Crippen LogP contribution in [0.3, 0.4) is 0 Å². The summed E-state index contributed by atoms with van der Waals surface area (Å²) < 4.78 is 0. The van der Waals surface area contributed by atoms with Gasteiger partial charge in [-0.3, -0.25) is 19.6 Å². The Morgan fingerprint density at radius 2 is 1.89 bits per heavy atom. The fourth-order valence-corrected chi connectivity index (χ4v) is 4.80. The zero-order valence-corrected chi connectivity index (χ0v) is 23.7. The number of carbonyl (C=O) groups is 2. The van der Waals surface area contributed by atoms with Crippen molar-refractivity contribution in [2.24, 2.45) is 10.4 Å². The molecule has 3 heterocycles. The first kappa shape index (κ1) is 29.0. The van der Waals surface area contributed by atoms with Crippen LogP contribution >= 0.6 is 0 Å². The number of rotatable bonds is 10. The summed E-state index contributed by atoms with van der Waals surface area (Å²) in [5.74, 6) is 6.77. The second kappa shape index (κ2) is 12.8. The minimum atomic E-state index is -0.530. The average Bonchev–Trinajstić information content (AvgIpc) is 3.15. The number of amides is 2. The molecule has 38 heavy (non-hydrogen) atoms. The largest absolute Gasteiger partial charge is 0.310 e. The van der Waals surface area contributed by atoms with Crippen molar-refractivity contribution in [2.45, 2.75) is 92.2 Å². The molecule has 0 aliphatic carbocycles. The number of nitrogens with zero attached hydrogens (tertiary/aromatic N) is 4. The fourth-order valence-electron chi connectivity index (χ4n) is 4.80. The van der Waals surface area contributed by atoms with E-state index in [1.807, 2.05) is 44.7 Å². The lowest BCUT2D eigenvalue weighted by Gasteiger charge is -2.35. The predicted molar refractivity (Wildman–Crippen MR) is 153 cm³/mol. The van der Waals surface area contributed by atoms with Gasteiger partial charge >= 0.3 is 0 Å².